The molecule has 0 amide bonds. The van der Waals surface area contributed by atoms with Crippen LogP contribution in [-0.4, -0.2) is 47.8 Å². The van der Waals surface area contributed by atoms with Crippen LogP contribution in [0.25, 0.3) is 0 Å². The number of thioether (sulfide) groups is 2. The summed E-state index contributed by atoms with van der Waals surface area (Å²) in [6.07, 6.45) is 1.12. The minimum Gasteiger partial charge on any atom is -0.327 e. The van der Waals surface area contributed by atoms with Gasteiger partial charge in [-0.2, -0.15) is 11.8 Å². The summed E-state index contributed by atoms with van der Waals surface area (Å²) in [6.45, 7) is 3.64. The van der Waals surface area contributed by atoms with E-state index in [1.165, 1.54) is 29.5 Å². The molecule has 1 atom stereocenters. The van der Waals surface area contributed by atoms with Gasteiger partial charge in [-0.15, -0.1) is 11.8 Å². The molecule has 1 aromatic carbocycles. The standard InChI is InChI=1S/C14H22N2S2/c15-13(6-7-16-8-10-17-11-9-16)12-18-14-4-2-1-3-5-14/h1-5,13H,6-12,15H2/t13-/m1/s1. The lowest BCUT2D eigenvalue weighted by molar-refractivity contribution is 0.292. The monoisotopic (exact) mass is 282 g/mol. The van der Waals surface area contributed by atoms with Gasteiger partial charge in [-0.25, -0.2) is 0 Å². The van der Waals surface area contributed by atoms with E-state index in [4.69, 9.17) is 5.73 Å². The smallest absolute Gasteiger partial charge is 0.0146 e. The van der Waals surface area contributed by atoms with Gasteiger partial charge < -0.3 is 10.6 Å². The summed E-state index contributed by atoms with van der Waals surface area (Å²) in [6, 6.07) is 10.8. The molecule has 1 heterocycles. The predicted octanol–water partition coefficient (Wildman–Crippen LogP) is 2.54. The third kappa shape index (κ3) is 5.22. The highest BCUT2D eigenvalue weighted by Gasteiger charge is 2.11. The molecular formula is C14H22N2S2. The van der Waals surface area contributed by atoms with Gasteiger partial charge >= 0.3 is 0 Å². The molecule has 0 radical (unpaired) electrons. The van der Waals surface area contributed by atoms with E-state index in [9.17, 15) is 0 Å². The van der Waals surface area contributed by atoms with E-state index in [0.29, 0.717) is 6.04 Å². The molecule has 0 bridgehead atoms. The third-order valence-electron chi connectivity index (χ3n) is 3.13. The molecule has 0 aliphatic carbocycles. The highest BCUT2D eigenvalue weighted by molar-refractivity contribution is 7.99. The zero-order valence-corrected chi connectivity index (χ0v) is 12.4. The van der Waals surface area contributed by atoms with Crippen LogP contribution in [0.2, 0.25) is 0 Å². The van der Waals surface area contributed by atoms with Gasteiger partial charge in [0.25, 0.3) is 0 Å². The molecular weight excluding hydrogens is 260 g/mol. The van der Waals surface area contributed by atoms with Crippen LogP contribution < -0.4 is 5.73 Å². The first-order valence-electron chi connectivity index (χ1n) is 6.58. The van der Waals surface area contributed by atoms with Crippen molar-refractivity contribution in [2.45, 2.75) is 17.4 Å². The van der Waals surface area contributed by atoms with Crippen molar-refractivity contribution >= 4 is 23.5 Å². The number of rotatable bonds is 6. The number of nitrogens with two attached hydrogens (primary N) is 1. The topological polar surface area (TPSA) is 29.3 Å². The lowest BCUT2D eigenvalue weighted by Crippen LogP contribution is -2.36. The van der Waals surface area contributed by atoms with Crippen LogP contribution in [0, 0.1) is 0 Å². The lowest BCUT2D eigenvalue weighted by Gasteiger charge is -2.27. The van der Waals surface area contributed by atoms with Crippen molar-refractivity contribution in [3.8, 4) is 0 Å². The van der Waals surface area contributed by atoms with Crippen molar-refractivity contribution < 1.29 is 0 Å². The van der Waals surface area contributed by atoms with Crippen LogP contribution in [0.5, 0.6) is 0 Å². The Morgan fingerprint density at radius 3 is 2.67 bits per heavy atom. The van der Waals surface area contributed by atoms with Crippen molar-refractivity contribution in [2.75, 3.05) is 36.9 Å². The van der Waals surface area contributed by atoms with Crippen molar-refractivity contribution in [1.82, 2.24) is 4.90 Å². The van der Waals surface area contributed by atoms with E-state index in [0.717, 1.165) is 18.7 Å². The minimum absolute atomic E-state index is 0.310. The Morgan fingerprint density at radius 2 is 1.94 bits per heavy atom. The number of hydrogen-bond acceptors (Lipinski definition) is 4. The molecule has 1 fully saturated rings. The van der Waals surface area contributed by atoms with E-state index < -0.39 is 0 Å². The summed E-state index contributed by atoms with van der Waals surface area (Å²) < 4.78 is 0. The Kier molecular flexibility index (Phi) is 6.41. The molecule has 2 N–H and O–H groups in total. The van der Waals surface area contributed by atoms with E-state index in [-0.39, 0.29) is 0 Å². The van der Waals surface area contributed by atoms with Crippen LogP contribution >= 0.6 is 23.5 Å². The van der Waals surface area contributed by atoms with Crippen molar-refractivity contribution in [2.24, 2.45) is 5.73 Å². The maximum atomic E-state index is 6.19. The Balaban J connectivity index is 1.61. The molecule has 2 rings (SSSR count). The largest absolute Gasteiger partial charge is 0.327 e. The van der Waals surface area contributed by atoms with Crippen LogP contribution in [0.15, 0.2) is 35.2 Å². The Bertz CT molecular complexity index is 326. The molecule has 0 saturated carbocycles. The first kappa shape index (κ1) is 14.3. The summed E-state index contributed by atoms with van der Waals surface area (Å²) in [5.74, 6) is 3.59. The summed E-state index contributed by atoms with van der Waals surface area (Å²) in [5.41, 5.74) is 6.19. The maximum absolute atomic E-state index is 6.19. The molecule has 1 aliphatic heterocycles. The van der Waals surface area contributed by atoms with Gasteiger partial charge in [-0.05, 0) is 25.1 Å². The molecule has 1 aromatic rings. The second-order valence-corrected chi connectivity index (χ2v) is 6.94. The fraction of sp³-hybridized carbons (Fsp3) is 0.571. The highest BCUT2D eigenvalue weighted by Crippen LogP contribution is 2.18. The maximum Gasteiger partial charge on any atom is 0.0146 e. The molecule has 4 heteroatoms. The van der Waals surface area contributed by atoms with Gasteiger partial charge in [0, 0.05) is 41.3 Å². The molecule has 1 saturated heterocycles. The summed E-state index contributed by atoms with van der Waals surface area (Å²) in [4.78, 5) is 3.87. The minimum atomic E-state index is 0.310. The van der Waals surface area contributed by atoms with Gasteiger partial charge in [-0.1, -0.05) is 18.2 Å². The number of hydrogen-bond donors (Lipinski definition) is 1. The van der Waals surface area contributed by atoms with Crippen LogP contribution in [0.3, 0.4) is 0 Å². The fourth-order valence-corrected chi connectivity index (χ4v) is 3.88. The quantitative estimate of drug-likeness (QED) is 0.812. The Hall–Kier alpha value is -0.160. The SMILES string of the molecule is N[C@H](CCN1CCSCC1)CSc1ccccc1. The summed E-state index contributed by atoms with van der Waals surface area (Å²) in [7, 11) is 0. The average Bonchev–Trinajstić information content (AvgIpc) is 2.45. The first-order chi connectivity index (χ1) is 8.84. The fourth-order valence-electron chi connectivity index (χ4n) is 1.98. The van der Waals surface area contributed by atoms with E-state index in [1.54, 1.807) is 0 Å². The van der Waals surface area contributed by atoms with Crippen molar-refractivity contribution in [3.05, 3.63) is 30.3 Å². The summed E-state index contributed by atoms with van der Waals surface area (Å²) >= 11 is 3.93. The zero-order valence-electron chi connectivity index (χ0n) is 10.8. The van der Waals surface area contributed by atoms with Crippen molar-refractivity contribution in [3.63, 3.8) is 0 Å². The van der Waals surface area contributed by atoms with E-state index in [2.05, 4.69) is 47.0 Å². The molecule has 0 unspecified atom stereocenters. The number of benzene rings is 1. The predicted molar refractivity (Wildman–Crippen MR) is 83.5 cm³/mol. The first-order valence-corrected chi connectivity index (χ1v) is 8.72. The van der Waals surface area contributed by atoms with E-state index in [1.807, 2.05) is 11.8 Å². The van der Waals surface area contributed by atoms with Gasteiger partial charge in [0.15, 0.2) is 0 Å². The molecule has 0 spiro atoms. The summed E-state index contributed by atoms with van der Waals surface area (Å²) in [5, 5.41) is 0. The Morgan fingerprint density at radius 1 is 1.22 bits per heavy atom. The van der Waals surface area contributed by atoms with Crippen LogP contribution in [0.1, 0.15) is 6.42 Å². The third-order valence-corrected chi connectivity index (χ3v) is 5.27. The normalized spacial score (nSPS) is 18.7. The zero-order chi connectivity index (χ0) is 12.6. The Labute approximate surface area is 119 Å². The van der Waals surface area contributed by atoms with Crippen LogP contribution in [0.4, 0.5) is 0 Å². The lowest BCUT2D eigenvalue weighted by atomic mass is 10.2. The van der Waals surface area contributed by atoms with Gasteiger partial charge in [0.1, 0.15) is 0 Å². The van der Waals surface area contributed by atoms with Crippen LogP contribution in [-0.2, 0) is 0 Å². The highest BCUT2D eigenvalue weighted by atomic mass is 32.2. The number of nitrogens with zero attached hydrogens (tertiary/aromatic N) is 1. The average molecular weight is 282 g/mol. The molecule has 2 nitrogen and oxygen atoms in total. The molecule has 0 aromatic heterocycles. The second-order valence-electron chi connectivity index (χ2n) is 4.63. The molecule has 1 aliphatic rings. The molecule has 18 heavy (non-hydrogen) atoms. The van der Waals surface area contributed by atoms with Gasteiger partial charge in [0.05, 0.1) is 0 Å². The van der Waals surface area contributed by atoms with Gasteiger partial charge in [0.2, 0.25) is 0 Å². The second kappa shape index (κ2) is 8.10. The van der Waals surface area contributed by atoms with Crippen molar-refractivity contribution in [1.29, 1.82) is 0 Å². The van der Waals surface area contributed by atoms with Gasteiger partial charge in [-0.3, -0.25) is 0 Å². The molecule has 100 valence electrons. The van der Waals surface area contributed by atoms with E-state index >= 15 is 0 Å².